The van der Waals surface area contributed by atoms with E-state index >= 15 is 0 Å². The van der Waals surface area contributed by atoms with Crippen molar-refractivity contribution in [1.29, 1.82) is 0 Å². The van der Waals surface area contributed by atoms with Crippen LogP contribution in [0.1, 0.15) is 29.5 Å². The lowest BCUT2D eigenvalue weighted by Gasteiger charge is -2.20. The Kier molecular flexibility index (Phi) is 5.05. The van der Waals surface area contributed by atoms with Crippen molar-refractivity contribution in [2.75, 3.05) is 18.5 Å². The summed E-state index contributed by atoms with van der Waals surface area (Å²) in [4.78, 5) is 30.8. The van der Waals surface area contributed by atoms with Gasteiger partial charge in [-0.2, -0.15) is 5.10 Å². The molecule has 10 nitrogen and oxygen atoms in total. The lowest BCUT2D eigenvalue weighted by molar-refractivity contribution is 0.180. The zero-order chi connectivity index (χ0) is 20.5. The molecule has 1 aliphatic carbocycles. The van der Waals surface area contributed by atoms with E-state index in [1.807, 2.05) is 0 Å². The Bertz CT molecular complexity index is 1080. The lowest BCUT2D eigenvalue weighted by atomic mass is 10.0. The molecule has 0 saturated carbocycles. The SMILES string of the molecule is O=C(Nc1nc2c(s1)CCCC2)NC1COCC1n1nc(-n2cccn2)ccc1=O. The minimum Gasteiger partial charge on any atom is -0.377 e. The van der Waals surface area contributed by atoms with Gasteiger partial charge in [0.2, 0.25) is 0 Å². The number of aryl methyl sites for hydroxylation is 2. The number of nitrogens with one attached hydrogen (secondary N) is 2. The largest absolute Gasteiger partial charge is 0.377 e. The quantitative estimate of drug-likeness (QED) is 0.652. The fraction of sp³-hybridized carbons (Fsp3) is 0.421. The number of hydrogen-bond acceptors (Lipinski definition) is 7. The molecule has 2 unspecified atom stereocenters. The van der Waals surface area contributed by atoms with Crippen molar-refractivity contribution in [3.8, 4) is 5.82 Å². The summed E-state index contributed by atoms with van der Waals surface area (Å²) in [6.07, 6.45) is 7.69. The molecule has 156 valence electrons. The Balaban J connectivity index is 1.30. The molecule has 2 atom stereocenters. The number of rotatable bonds is 4. The first kappa shape index (κ1) is 18.9. The van der Waals surface area contributed by atoms with Crippen molar-refractivity contribution in [2.24, 2.45) is 0 Å². The highest BCUT2D eigenvalue weighted by Gasteiger charge is 2.33. The van der Waals surface area contributed by atoms with Gasteiger partial charge in [-0.1, -0.05) is 0 Å². The average Bonchev–Trinajstić information content (AvgIpc) is 3.49. The van der Waals surface area contributed by atoms with Gasteiger partial charge >= 0.3 is 6.03 Å². The predicted molar refractivity (Wildman–Crippen MR) is 110 cm³/mol. The molecular weight excluding hydrogens is 406 g/mol. The number of ether oxygens (including phenoxy) is 1. The van der Waals surface area contributed by atoms with E-state index in [-0.39, 0.29) is 18.2 Å². The number of amides is 2. The molecule has 5 rings (SSSR count). The number of urea groups is 1. The molecule has 1 fully saturated rings. The van der Waals surface area contributed by atoms with Crippen LogP contribution in [0.5, 0.6) is 0 Å². The van der Waals surface area contributed by atoms with Crippen LogP contribution >= 0.6 is 11.3 Å². The lowest BCUT2D eigenvalue weighted by Crippen LogP contribution is -2.45. The van der Waals surface area contributed by atoms with Gasteiger partial charge in [0.1, 0.15) is 6.04 Å². The molecule has 3 aromatic heterocycles. The molecular formula is C19H21N7O3S. The number of carbonyl (C=O) groups excluding carboxylic acids is 1. The minimum atomic E-state index is -0.414. The third-order valence-corrected chi connectivity index (χ3v) is 6.37. The molecule has 1 saturated heterocycles. The standard InChI is InChI=1S/C19H21N7O3S/c27-17-7-6-16(25-9-3-8-20-25)24-26(17)14-11-29-10-13(14)21-18(28)23-19-22-12-4-1-2-5-15(12)30-19/h3,6-9,13-14H,1-2,4-5,10-11H2,(H2,21,22,23,28). The van der Waals surface area contributed by atoms with Crippen LogP contribution in [0.2, 0.25) is 0 Å². The van der Waals surface area contributed by atoms with Gasteiger partial charge in [-0.15, -0.1) is 16.4 Å². The Morgan fingerprint density at radius 3 is 2.97 bits per heavy atom. The average molecular weight is 427 g/mol. The zero-order valence-corrected chi connectivity index (χ0v) is 17.0. The van der Waals surface area contributed by atoms with Crippen LogP contribution in [-0.2, 0) is 17.6 Å². The summed E-state index contributed by atoms with van der Waals surface area (Å²) >= 11 is 1.53. The van der Waals surface area contributed by atoms with Crippen molar-refractivity contribution in [3.05, 3.63) is 51.5 Å². The fourth-order valence-electron chi connectivity index (χ4n) is 3.81. The maximum Gasteiger partial charge on any atom is 0.321 e. The molecule has 3 aromatic rings. The molecule has 2 N–H and O–H groups in total. The summed E-state index contributed by atoms with van der Waals surface area (Å²) in [7, 11) is 0. The monoisotopic (exact) mass is 427 g/mol. The fourth-order valence-corrected chi connectivity index (χ4v) is 4.85. The molecule has 11 heteroatoms. The molecule has 2 amide bonds. The van der Waals surface area contributed by atoms with Crippen LogP contribution in [0, 0.1) is 0 Å². The summed E-state index contributed by atoms with van der Waals surface area (Å²) in [6.45, 7) is 0.582. The van der Waals surface area contributed by atoms with E-state index in [0.29, 0.717) is 17.6 Å². The third-order valence-electron chi connectivity index (χ3n) is 5.30. The topological polar surface area (TPSA) is 116 Å². The second kappa shape index (κ2) is 8.00. The molecule has 0 spiro atoms. The Labute approximate surface area is 175 Å². The van der Waals surface area contributed by atoms with E-state index < -0.39 is 12.1 Å². The minimum absolute atomic E-state index is 0.263. The molecule has 1 aliphatic heterocycles. The van der Waals surface area contributed by atoms with E-state index in [1.165, 1.54) is 33.4 Å². The predicted octanol–water partition coefficient (Wildman–Crippen LogP) is 1.53. The smallest absolute Gasteiger partial charge is 0.321 e. The summed E-state index contributed by atoms with van der Waals surface area (Å²) < 4.78 is 8.48. The van der Waals surface area contributed by atoms with Crippen molar-refractivity contribution in [1.82, 2.24) is 29.9 Å². The number of aromatic nitrogens is 5. The summed E-state index contributed by atoms with van der Waals surface area (Å²) in [6, 6.07) is 3.67. The van der Waals surface area contributed by atoms with E-state index in [0.717, 1.165) is 25.0 Å². The van der Waals surface area contributed by atoms with Crippen molar-refractivity contribution < 1.29 is 9.53 Å². The Morgan fingerprint density at radius 1 is 1.23 bits per heavy atom. The number of fused-ring (bicyclic) bond motifs is 1. The van der Waals surface area contributed by atoms with Gasteiger partial charge in [0, 0.05) is 23.3 Å². The third kappa shape index (κ3) is 3.73. The van der Waals surface area contributed by atoms with Gasteiger partial charge in [0.15, 0.2) is 10.9 Å². The van der Waals surface area contributed by atoms with Crippen LogP contribution in [0.25, 0.3) is 5.82 Å². The summed E-state index contributed by atoms with van der Waals surface area (Å²) in [5.74, 6) is 0.517. The van der Waals surface area contributed by atoms with E-state index in [2.05, 4.69) is 25.8 Å². The number of anilines is 1. The highest BCUT2D eigenvalue weighted by molar-refractivity contribution is 7.15. The van der Waals surface area contributed by atoms with Gasteiger partial charge in [0.25, 0.3) is 5.56 Å². The van der Waals surface area contributed by atoms with Gasteiger partial charge in [-0.05, 0) is 37.8 Å². The van der Waals surface area contributed by atoms with Crippen LogP contribution < -0.4 is 16.2 Å². The Hall–Kier alpha value is -3.05. The second-order valence-corrected chi connectivity index (χ2v) is 8.41. The van der Waals surface area contributed by atoms with Crippen molar-refractivity contribution >= 4 is 22.5 Å². The molecule has 0 radical (unpaired) electrons. The number of nitrogens with zero attached hydrogens (tertiary/aromatic N) is 5. The number of thiazole rings is 1. The number of carbonyl (C=O) groups is 1. The maximum atomic E-state index is 12.6. The van der Waals surface area contributed by atoms with Crippen LogP contribution in [0.3, 0.4) is 0 Å². The van der Waals surface area contributed by atoms with Gasteiger partial charge in [-0.3, -0.25) is 10.1 Å². The van der Waals surface area contributed by atoms with Gasteiger partial charge in [-0.25, -0.2) is 19.1 Å². The first-order chi connectivity index (χ1) is 14.7. The number of hydrogen-bond donors (Lipinski definition) is 2. The van der Waals surface area contributed by atoms with Crippen molar-refractivity contribution in [3.63, 3.8) is 0 Å². The maximum absolute atomic E-state index is 12.6. The van der Waals surface area contributed by atoms with Gasteiger partial charge in [0.05, 0.1) is 24.9 Å². The molecule has 30 heavy (non-hydrogen) atoms. The van der Waals surface area contributed by atoms with Crippen LogP contribution in [-0.4, -0.2) is 49.8 Å². The summed E-state index contributed by atoms with van der Waals surface area (Å²) in [5, 5.41) is 14.9. The normalized spacial score (nSPS) is 20.7. The Morgan fingerprint density at radius 2 is 2.13 bits per heavy atom. The summed E-state index contributed by atoms with van der Waals surface area (Å²) in [5.41, 5.74) is 0.830. The molecule has 0 bridgehead atoms. The highest BCUT2D eigenvalue weighted by Crippen LogP contribution is 2.29. The first-order valence-electron chi connectivity index (χ1n) is 9.91. The van der Waals surface area contributed by atoms with E-state index in [4.69, 9.17) is 4.74 Å². The van der Waals surface area contributed by atoms with Crippen LogP contribution in [0.4, 0.5) is 9.93 Å². The highest BCUT2D eigenvalue weighted by atomic mass is 32.1. The first-order valence-corrected chi connectivity index (χ1v) is 10.7. The second-order valence-electron chi connectivity index (χ2n) is 7.33. The van der Waals surface area contributed by atoms with Crippen molar-refractivity contribution in [2.45, 2.75) is 37.8 Å². The molecule has 4 heterocycles. The van der Waals surface area contributed by atoms with Gasteiger partial charge < -0.3 is 10.1 Å². The van der Waals surface area contributed by atoms with E-state index in [9.17, 15) is 9.59 Å². The van der Waals surface area contributed by atoms with E-state index in [1.54, 1.807) is 29.2 Å². The zero-order valence-electron chi connectivity index (χ0n) is 16.2. The molecule has 2 aliphatic rings. The van der Waals surface area contributed by atoms with Crippen LogP contribution in [0.15, 0.2) is 35.4 Å². The molecule has 0 aromatic carbocycles.